The van der Waals surface area contributed by atoms with Crippen LogP contribution < -0.4 is 5.73 Å². The molecule has 0 atom stereocenters. The second-order valence-corrected chi connectivity index (χ2v) is 2.00. The van der Waals surface area contributed by atoms with Crippen molar-refractivity contribution in [2.75, 3.05) is 6.54 Å². The van der Waals surface area contributed by atoms with Crippen LogP contribution in [-0.4, -0.2) is 12.7 Å². The summed E-state index contributed by atoms with van der Waals surface area (Å²) in [6.07, 6.45) is -1.58. The lowest BCUT2D eigenvalue weighted by molar-refractivity contribution is -0.0878. The Balaban J connectivity index is 3.88. The van der Waals surface area contributed by atoms with Gasteiger partial charge in [-0.05, 0) is 13.0 Å². The van der Waals surface area contributed by atoms with Crippen molar-refractivity contribution in [1.29, 1.82) is 0 Å². The van der Waals surface area contributed by atoms with Gasteiger partial charge in [-0.3, -0.25) is 0 Å². The molecule has 0 heterocycles. The lowest BCUT2D eigenvalue weighted by atomic mass is 10.2. The predicted molar refractivity (Wildman–Crippen MR) is 38.0 cm³/mol. The van der Waals surface area contributed by atoms with Crippen LogP contribution in [0.1, 0.15) is 6.42 Å². The van der Waals surface area contributed by atoms with Crippen LogP contribution in [0, 0.1) is 0 Å². The molecular weight excluding hydrogens is 155 g/mol. The number of allylic oxidation sites excluding steroid dienone is 2. The fourth-order valence-electron chi connectivity index (χ4n) is 0.416. The van der Waals surface area contributed by atoms with Gasteiger partial charge < -0.3 is 5.73 Å². The van der Waals surface area contributed by atoms with Crippen LogP contribution in [-0.2, 0) is 0 Å². The number of halogens is 3. The first-order valence-corrected chi connectivity index (χ1v) is 3.11. The first-order chi connectivity index (χ1) is 4.98. The zero-order valence-electron chi connectivity index (χ0n) is 5.99. The summed E-state index contributed by atoms with van der Waals surface area (Å²) in [6, 6.07) is 0. The molecule has 0 bridgehead atoms. The van der Waals surface area contributed by atoms with E-state index in [2.05, 4.69) is 6.58 Å². The highest BCUT2D eigenvalue weighted by molar-refractivity contribution is 5.19. The van der Waals surface area contributed by atoms with E-state index in [4.69, 9.17) is 5.73 Å². The summed E-state index contributed by atoms with van der Waals surface area (Å²) in [7, 11) is 0. The third-order valence-corrected chi connectivity index (χ3v) is 1.02. The third kappa shape index (κ3) is 4.61. The van der Waals surface area contributed by atoms with Crippen LogP contribution in [0.3, 0.4) is 0 Å². The van der Waals surface area contributed by atoms with Gasteiger partial charge in [0.2, 0.25) is 0 Å². The molecule has 64 valence electrons. The van der Waals surface area contributed by atoms with Gasteiger partial charge in [0.15, 0.2) is 0 Å². The molecular formula is C7H10F3N. The average Bonchev–Trinajstić information content (AvgIpc) is 1.86. The summed E-state index contributed by atoms with van der Waals surface area (Å²) in [4.78, 5) is 0. The van der Waals surface area contributed by atoms with Gasteiger partial charge in [0.05, 0.1) is 0 Å². The minimum absolute atomic E-state index is 0.349. The Kier molecular flexibility index (Phi) is 3.89. The summed E-state index contributed by atoms with van der Waals surface area (Å²) >= 11 is 0. The molecule has 11 heavy (non-hydrogen) atoms. The third-order valence-electron chi connectivity index (χ3n) is 1.02. The van der Waals surface area contributed by atoms with Gasteiger partial charge in [0.1, 0.15) is 0 Å². The van der Waals surface area contributed by atoms with Crippen molar-refractivity contribution in [2.24, 2.45) is 5.73 Å². The van der Waals surface area contributed by atoms with Gasteiger partial charge in [-0.1, -0.05) is 18.7 Å². The molecule has 0 aromatic heterocycles. The highest BCUT2D eigenvalue weighted by atomic mass is 19.4. The molecule has 0 fully saturated rings. The highest BCUT2D eigenvalue weighted by Gasteiger charge is 2.29. The van der Waals surface area contributed by atoms with Crippen molar-refractivity contribution in [3.8, 4) is 0 Å². The molecule has 0 rings (SSSR count). The standard InChI is InChI=1S/C7H10F3N/c1-6(7(8,9)10)4-2-3-5-11/h2,4H,1,3,5,11H2/b4-2-. The normalized spacial score (nSPS) is 12.4. The maximum atomic E-state index is 11.7. The van der Waals surface area contributed by atoms with Crippen LogP contribution >= 0.6 is 0 Å². The predicted octanol–water partition coefficient (Wildman–Crippen LogP) is 2.01. The zero-order valence-corrected chi connectivity index (χ0v) is 5.99. The summed E-state index contributed by atoms with van der Waals surface area (Å²) in [5, 5.41) is 0. The Morgan fingerprint density at radius 3 is 2.36 bits per heavy atom. The Bertz CT molecular complexity index is 158. The van der Waals surface area contributed by atoms with Crippen LogP contribution in [0.5, 0.6) is 0 Å². The van der Waals surface area contributed by atoms with Gasteiger partial charge in [-0.25, -0.2) is 0 Å². The lowest BCUT2D eigenvalue weighted by Crippen LogP contribution is -2.08. The second-order valence-electron chi connectivity index (χ2n) is 2.00. The SMILES string of the molecule is C=C(/C=C\CCN)C(F)(F)F. The smallest absolute Gasteiger partial charge is 0.330 e. The van der Waals surface area contributed by atoms with E-state index in [-0.39, 0.29) is 0 Å². The summed E-state index contributed by atoms with van der Waals surface area (Å²) in [5.74, 6) is 0. The fourth-order valence-corrected chi connectivity index (χ4v) is 0.416. The van der Waals surface area contributed by atoms with E-state index in [9.17, 15) is 13.2 Å². The van der Waals surface area contributed by atoms with E-state index in [0.29, 0.717) is 13.0 Å². The molecule has 4 heteroatoms. The molecule has 0 aromatic rings. The number of hydrogen-bond donors (Lipinski definition) is 1. The molecule has 1 nitrogen and oxygen atoms in total. The van der Waals surface area contributed by atoms with E-state index in [1.807, 2.05) is 0 Å². The minimum Gasteiger partial charge on any atom is -0.330 e. The van der Waals surface area contributed by atoms with Crippen LogP contribution in [0.25, 0.3) is 0 Å². The Morgan fingerprint density at radius 2 is 2.00 bits per heavy atom. The molecule has 0 aliphatic rings. The maximum absolute atomic E-state index is 11.7. The first-order valence-electron chi connectivity index (χ1n) is 3.11. The van der Waals surface area contributed by atoms with E-state index in [1.165, 1.54) is 6.08 Å². The lowest BCUT2D eigenvalue weighted by Gasteiger charge is -2.03. The van der Waals surface area contributed by atoms with Crippen molar-refractivity contribution >= 4 is 0 Å². The van der Waals surface area contributed by atoms with Gasteiger partial charge >= 0.3 is 6.18 Å². The summed E-state index contributed by atoms with van der Waals surface area (Å²) < 4.78 is 35.1. The molecule has 0 spiro atoms. The molecule has 0 unspecified atom stereocenters. The van der Waals surface area contributed by atoms with Crippen molar-refractivity contribution < 1.29 is 13.2 Å². The van der Waals surface area contributed by atoms with Gasteiger partial charge in [0, 0.05) is 5.57 Å². The molecule has 0 aromatic carbocycles. The van der Waals surface area contributed by atoms with Gasteiger partial charge in [-0.15, -0.1) is 0 Å². The topological polar surface area (TPSA) is 26.0 Å². The van der Waals surface area contributed by atoms with Crippen molar-refractivity contribution in [1.82, 2.24) is 0 Å². The van der Waals surface area contributed by atoms with Crippen molar-refractivity contribution in [3.63, 3.8) is 0 Å². The number of alkyl halides is 3. The zero-order chi connectivity index (χ0) is 8.91. The molecule has 0 aliphatic heterocycles. The summed E-state index contributed by atoms with van der Waals surface area (Å²) in [6.45, 7) is 3.19. The van der Waals surface area contributed by atoms with Crippen LogP contribution in [0.4, 0.5) is 13.2 Å². The molecule has 0 radical (unpaired) electrons. The molecule has 2 N–H and O–H groups in total. The summed E-state index contributed by atoms with van der Waals surface area (Å²) in [5.41, 5.74) is 4.22. The number of hydrogen-bond acceptors (Lipinski definition) is 1. The van der Waals surface area contributed by atoms with Crippen molar-refractivity contribution in [3.05, 3.63) is 24.3 Å². The Hall–Kier alpha value is -0.770. The maximum Gasteiger partial charge on any atom is 0.415 e. The fraction of sp³-hybridized carbons (Fsp3) is 0.429. The first kappa shape index (κ1) is 10.2. The van der Waals surface area contributed by atoms with Crippen LogP contribution in [0.2, 0.25) is 0 Å². The molecule has 0 amide bonds. The van der Waals surface area contributed by atoms with E-state index in [0.717, 1.165) is 6.08 Å². The average molecular weight is 165 g/mol. The second kappa shape index (κ2) is 4.18. The van der Waals surface area contributed by atoms with Gasteiger partial charge in [-0.2, -0.15) is 13.2 Å². The monoisotopic (exact) mass is 165 g/mol. The Labute approximate surface area is 63.4 Å². The number of nitrogens with two attached hydrogens (primary N) is 1. The number of rotatable bonds is 3. The quantitative estimate of drug-likeness (QED) is 0.636. The molecule has 0 saturated carbocycles. The minimum atomic E-state index is -4.31. The highest BCUT2D eigenvalue weighted by Crippen LogP contribution is 2.24. The largest absolute Gasteiger partial charge is 0.415 e. The molecule has 0 aliphatic carbocycles. The molecule has 0 saturated heterocycles. The van der Waals surface area contributed by atoms with E-state index < -0.39 is 11.7 Å². The van der Waals surface area contributed by atoms with E-state index >= 15 is 0 Å². The van der Waals surface area contributed by atoms with E-state index in [1.54, 1.807) is 0 Å². The van der Waals surface area contributed by atoms with Crippen molar-refractivity contribution in [2.45, 2.75) is 12.6 Å². The Morgan fingerprint density at radius 1 is 1.45 bits per heavy atom. The van der Waals surface area contributed by atoms with Gasteiger partial charge in [0.25, 0.3) is 0 Å². The van der Waals surface area contributed by atoms with Crippen LogP contribution in [0.15, 0.2) is 24.3 Å².